The Bertz CT molecular complexity index is 1390. The summed E-state index contributed by atoms with van der Waals surface area (Å²) in [5.74, 6) is 1.38. The summed E-state index contributed by atoms with van der Waals surface area (Å²) in [5.41, 5.74) is 4.71. The van der Waals surface area contributed by atoms with Crippen LogP contribution in [0.4, 0.5) is 5.82 Å². The third-order valence-corrected chi connectivity index (χ3v) is 7.59. The van der Waals surface area contributed by atoms with Crippen molar-refractivity contribution in [2.75, 3.05) is 12.4 Å². The first-order chi connectivity index (χ1) is 16.8. The van der Waals surface area contributed by atoms with Crippen LogP contribution in [-0.2, 0) is 10.5 Å². The minimum atomic E-state index is -0.534. The number of aromatic nitrogens is 2. The van der Waals surface area contributed by atoms with Crippen LogP contribution in [0.2, 0.25) is 0 Å². The second-order valence-electron chi connectivity index (χ2n) is 10.0. The third-order valence-electron chi connectivity index (χ3n) is 6.65. The molecule has 6 nitrogen and oxygen atoms in total. The number of hydrogen-bond donors (Lipinski definition) is 2. The van der Waals surface area contributed by atoms with E-state index >= 15 is 0 Å². The van der Waals surface area contributed by atoms with E-state index in [0.29, 0.717) is 46.5 Å². The van der Waals surface area contributed by atoms with E-state index in [1.807, 2.05) is 24.3 Å². The van der Waals surface area contributed by atoms with Crippen molar-refractivity contribution in [3.05, 3.63) is 92.4 Å². The lowest BCUT2D eigenvalue weighted by Gasteiger charge is -2.38. The molecule has 35 heavy (non-hydrogen) atoms. The van der Waals surface area contributed by atoms with E-state index < -0.39 is 5.92 Å². The van der Waals surface area contributed by atoms with Crippen LogP contribution in [0.1, 0.15) is 54.9 Å². The molecule has 0 radical (unpaired) electrons. The monoisotopic (exact) mass is 487 g/mol. The second kappa shape index (κ2) is 9.04. The Labute approximate surface area is 209 Å². The van der Waals surface area contributed by atoms with Crippen LogP contribution >= 0.6 is 11.8 Å². The number of H-pyrrole nitrogens is 1. The number of ketones is 1. The number of hydrogen-bond acceptors (Lipinski definition) is 6. The fourth-order valence-electron chi connectivity index (χ4n) is 5.01. The van der Waals surface area contributed by atoms with Crippen molar-refractivity contribution < 1.29 is 9.53 Å². The normalized spacial score (nSPS) is 18.5. The van der Waals surface area contributed by atoms with Crippen LogP contribution < -0.4 is 15.6 Å². The summed E-state index contributed by atoms with van der Waals surface area (Å²) in [6.07, 6.45) is 1.14. The van der Waals surface area contributed by atoms with Gasteiger partial charge >= 0.3 is 0 Å². The number of benzene rings is 2. The topological polar surface area (TPSA) is 84.1 Å². The first-order valence-electron chi connectivity index (χ1n) is 11.7. The fourth-order valence-corrected chi connectivity index (χ4v) is 5.83. The van der Waals surface area contributed by atoms with E-state index in [-0.39, 0.29) is 16.8 Å². The number of thioether (sulfide) groups is 1. The van der Waals surface area contributed by atoms with Gasteiger partial charge in [0, 0.05) is 29.0 Å². The first-order valence-corrected chi connectivity index (χ1v) is 12.7. The van der Waals surface area contributed by atoms with Gasteiger partial charge in [0.1, 0.15) is 11.6 Å². The Kier molecular flexibility index (Phi) is 6.05. The van der Waals surface area contributed by atoms with Crippen LogP contribution in [0, 0.1) is 12.3 Å². The molecule has 0 saturated carbocycles. The van der Waals surface area contributed by atoms with Crippen molar-refractivity contribution >= 4 is 23.4 Å². The summed E-state index contributed by atoms with van der Waals surface area (Å²) in [4.78, 5) is 34.7. The standard InChI is InChI=1S/C28H29N3O3S/c1-16-9-11-17(12-10-16)15-35-27-30-25-24(26(33)31-27)22(18-7-5-6-8-21(18)34-4)23-19(29-25)13-28(2,3)14-20(23)32/h5-12,22H,13-15H2,1-4H3,(H2,29,30,31,33)/t22-/m0/s1. The highest BCUT2D eigenvalue weighted by atomic mass is 32.2. The largest absolute Gasteiger partial charge is 0.496 e. The summed E-state index contributed by atoms with van der Waals surface area (Å²) in [6.45, 7) is 6.25. The highest BCUT2D eigenvalue weighted by Gasteiger charge is 2.43. The number of Topliss-reactive ketones (excluding diaryl/α,β-unsaturated/α-hetero) is 1. The van der Waals surface area contributed by atoms with Gasteiger partial charge in [0.25, 0.3) is 5.56 Å². The van der Waals surface area contributed by atoms with Crippen molar-refractivity contribution in [3.63, 3.8) is 0 Å². The van der Waals surface area contributed by atoms with E-state index in [9.17, 15) is 9.59 Å². The minimum Gasteiger partial charge on any atom is -0.496 e. The zero-order valence-electron chi connectivity index (χ0n) is 20.4. The highest BCUT2D eigenvalue weighted by Crippen LogP contribution is 2.49. The lowest BCUT2D eigenvalue weighted by atomic mass is 9.69. The lowest BCUT2D eigenvalue weighted by Crippen LogP contribution is -2.37. The second-order valence-corrected chi connectivity index (χ2v) is 11.0. The molecule has 0 saturated heterocycles. The molecule has 7 heteroatoms. The molecule has 0 spiro atoms. The zero-order valence-corrected chi connectivity index (χ0v) is 21.2. The number of para-hydroxylation sites is 1. The van der Waals surface area contributed by atoms with E-state index in [0.717, 1.165) is 16.8 Å². The number of carbonyl (C=O) groups is 1. The summed E-state index contributed by atoms with van der Waals surface area (Å²) in [7, 11) is 1.61. The molecule has 3 aromatic rings. The molecule has 2 heterocycles. The maximum absolute atomic E-state index is 13.5. The van der Waals surface area contributed by atoms with E-state index in [4.69, 9.17) is 9.72 Å². The minimum absolute atomic E-state index is 0.0579. The Balaban J connectivity index is 1.60. The number of fused-ring (bicyclic) bond motifs is 1. The zero-order chi connectivity index (χ0) is 24.7. The van der Waals surface area contributed by atoms with Crippen LogP contribution in [0.5, 0.6) is 5.75 Å². The van der Waals surface area contributed by atoms with Crippen LogP contribution in [0.15, 0.2) is 69.8 Å². The predicted molar refractivity (Wildman–Crippen MR) is 139 cm³/mol. The summed E-state index contributed by atoms with van der Waals surface area (Å²) < 4.78 is 5.64. The molecule has 180 valence electrons. The van der Waals surface area contributed by atoms with Gasteiger partial charge in [-0.15, -0.1) is 0 Å². The van der Waals surface area contributed by atoms with Crippen molar-refractivity contribution in [2.24, 2.45) is 5.41 Å². The number of carbonyl (C=O) groups excluding carboxylic acids is 1. The van der Waals surface area contributed by atoms with E-state index in [1.165, 1.54) is 17.3 Å². The lowest BCUT2D eigenvalue weighted by molar-refractivity contribution is -0.118. The molecule has 0 amide bonds. The van der Waals surface area contributed by atoms with Crippen LogP contribution in [0.3, 0.4) is 0 Å². The molecule has 0 bridgehead atoms. The van der Waals surface area contributed by atoms with Gasteiger partial charge in [-0.05, 0) is 30.4 Å². The number of nitrogens with one attached hydrogen (secondary N) is 2. The van der Waals surface area contributed by atoms with Crippen molar-refractivity contribution in [1.29, 1.82) is 0 Å². The molecule has 1 atom stereocenters. The van der Waals surface area contributed by atoms with E-state index in [1.54, 1.807) is 7.11 Å². The molecule has 1 aliphatic carbocycles. The number of methoxy groups -OCH3 is 1. The molecule has 2 aliphatic rings. The van der Waals surface area contributed by atoms with Crippen molar-refractivity contribution in [2.45, 2.75) is 50.4 Å². The van der Waals surface area contributed by atoms with Gasteiger partial charge in [0.15, 0.2) is 10.9 Å². The molecule has 5 rings (SSSR count). The molecule has 0 unspecified atom stereocenters. The van der Waals surface area contributed by atoms with Gasteiger partial charge < -0.3 is 15.0 Å². The van der Waals surface area contributed by atoms with Gasteiger partial charge in [-0.3, -0.25) is 9.59 Å². The Hall–Kier alpha value is -3.32. The van der Waals surface area contributed by atoms with Gasteiger partial charge in [0.2, 0.25) is 0 Å². The Morgan fingerprint density at radius 1 is 1.09 bits per heavy atom. The van der Waals surface area contributed by atoms with Gasteiger partial charge in [-0.1, -0.05) is 73.6 Å². The highest BCUT2D eigenvalue weighted by molar-refractivity contribution is 7.98. The third kappa shape index (κ3) is 4.52. The molecule has 0 fully saturated rings. The molecule has 1 aliphatic heterocycles. The van der Waals surface area contributed by atoms with Crippen LogP contribution in [-0.4, -0.2) is 22.9 Å². The molecule has 2 aromatic carbocycles. The molecular weight excluding hydrogens is 458 g/mol. The van der Waals surface area contributed by atoms with Gasteiger partial charge in [0.05, 0.1) is 18.6 Å². The average Bonchev–Trinajstić information content (AvgIpc) is 2.81. The molecule has 2 N–H and O–H groups in total. The summed E-state index contributed by atoms with van der Waals surface area (Å²) in [5, 5.41) is 3.93. The molecule has 1 aromatic heterocycles. The molecular formula is C28H29N3O3S. The predicted octanol–water partition coefficient (Wildman–Crippen LogP) is 5.58. The number of allylic oxidation sites excluding steroid dienone is 2. The maximum atomic E-state index is 13.5. The van der Waals surface area contributed by atoms with E-state index in [2.05, 4.69) is 55.3 Å². The summed E-state index contributed by atoms with van der Waals surface area (Å²) in [6, 6.07) is 15.9. The number of aryl methyl sites for hydroxylation is 1. The number of nitrogens with zero attached hydrogens (tertiary/aromatic N) is 1. The van der Waals surface area contributed by atoms with Crippen molar-refractivity contribution in [1.82, 2.24) is 9.97 Å². The Morgan fingerprint density at radius 3 is 2.57 bits per heavy atom. The van der Waals surface area contributed by atoms with Gasteiger partial charge in [-0.25, -0.2) is 4.98 Å². The smallest absolute Gasteiger partial charge is 0.257 e. The number of anilines is 1. The quantitative estimate of drug-likeness (QED) is 0.361. The van der Waals surface area contributed by atoms with Crippen LogP contribution in [0.25, 0.3) is 0 Å². The number of aromatic amines is 1. The number of rotatable bonds is 5. The first kappa shape index (κ1) is 23.4. The average molecular weight is 488 g/mol. The maximum Gasteiger partial charge on any atom is 0.257 e. The fraction of sp³-hybridized carbons (Fsp3) is 0.321. The van der Waals surface area contributed by atoms with Crippen molar-refractivity contribution in [3.8, 4) is 5.75 Å². The Morgan fingerprint density at radius 2 is 1.83 bits per heavy atom. The number of ether oxygens (including phenoxy) is 1. The van der Waals surface area contributed by atoms with Gasteiger partial charge in [-0.2, -0.15) is 0 Å². The SMILES string of the molecule is COc1ccccc1[C@H]1C2=C(CC(C)(C)CC2=O)Nc2nc(SCc3ccc(C)cc3)[nH]c(=O)c21. The summed E-state index contributed by atoms with van der Waals surface area (Å²) >= 11 is 1.49.